The van der Waals surface area contributed by atoms with E-state index in [0.29, 0.717) is 30.3 Å². The van der Waals surface area contributed by atoms with Crippen LogP contribution in [0.4, 0.5) is 0 Å². The van der Waals surface area contributed by atoms with Crippen molar-refractivity contribution in [2.75, 3.05) is 12.8 Å². The van der Waals surface area contributed by atoms with Crippen molar-refractivity contribution in [1.82, 2.24) is 10.2 Å². The van der Waals surface area contributed by atoms with Crippen LogP contribution >= 0.6 is 0 Å². The van der Waals surface area contributed by atoms with E-state index in [1.165, 1.54) is 11.2 Å². The van der Waals surface area contributed by atoms with Crippen molar-refractivity contribution in [3.05, 3.63) is 77.4 Å². The van der Waals surface area contributed by atoms with E-state index >= 15 is 0 Å². The molecule has 0 aromatic heterocycles. The summed E-state index contributed by atoms with van der Waals surface area (Å²) in [6.45, 7) is 0.723. The Morgan fingerprint density at radius 3 is 2.45 bits per heavy atom. The van der Waals surface area contributed by atoms with Crippen molar-refractivity contribution in [2.45, 2.75) is 31.2 Å². The molecule has 0 radical (unpaired) electrons. The zero-order chi connectivity index (χ0) is 23.6. The zero-order valence-electron chi connectivity index (χ0n) is 18.3. The van der Waals surface area contributed by atoms with Crippen molar-refractivity contribution in [2.24, 2.45) is 0 Å². The smallest absolute Gasteiger partial charge is 0.258 e. The largest absolute Gasteiger partial charge is 0.506 e. The molecule has 7 nitrogen and oxygen atoms in total. The van der Waals surface area contributed by atoms with Crippen molar-refractivity contribution in [3.8, 4) is 5.75 Å². The number of phenolic OH excluding ortho intramolecular Hbond substituents is 1. The van der Waals surface area contributed by atoms with Gasteiger partial charge >= 0.3 is 0 Å². The summed E-state index contributed by atoms with van der Waals surface area (Å²) < 4.78 is 22.8. The predicted octanol–water partition coefficient (Wildman–Crippen LogP) is 3.01. The number of aromatic hydroxyl groups is 1. The number of likely N-dealkylation sites (tertiary alicyclic amines) is 1. The molecule has 1 heterocycles. The maximum Gasteiger partial charge on any atom is 0.258 e. The van der Waals surface area contributed by atoms with Crippen molar-refractivity contribution in [1.29, 1.82) is 0 Å². The highest BCUT2D eigenvalue weighted by atomic mass is 32.2. The van der Waals surface area contributed by atoms with E-state index in [1.54, 1.807) is 48.5 Å². The predicted molar refractivity (Wildman–Crippen MR) is 127 cm³/mol. The molecule has 1 aliphatic heterocycles. The van der Waals surface area contributed by atoms with Gasteiger partial charge in [-0.3, -0.25) is 9.59 Å². The molecule has 1 aliphatic rings. The highest BCUT2D eigenvalue weighted by molar-refractivity contribution is 7.89. The molecule has 8 heteroatoms. The molecule has 4 rings (SSSR count). The Kier molecular flexibility index (Phi) is 6.37. The van der Waals surface area contributed by atoms with E-state index in [4.69, 9.17) is 0 Å². The summed E-state index contributed by atoms with van der Waals surface area (Å²) in [5.74, 6) is -0.707. The number of carbonyl (C=O) groups is 2. The Labute approximate surface area is 193 Å². The van der Waals surface area contributed by atoms with Crippen LogP contribution in [0.3, 0.4) is 0 Å². The number of amides is 2. The summed E-state index contributed by atoms with van der Waals surface area (Å²) in [5.41, 5.74) is 1.72. The van der Waals surface area contributed by atoms with Crippen LogP contribution in [0, 0.1) is 0 Å². The average molecular weight is 467 g/mol. The van der Waals surface area contributed by atoms with Crippen LogP contribution < -0.4 is 5.32 Å². The van der Waals surface area contributed by atoms with Crippen LogP contribution in [-0.2, 0) is 26.9 Å². The molecule has 3 aromatic carbocycles. The third kappa shape index (κ3) is 5.17. The Balaban J connectivity index is 1.43. The van der Waals surface area contributed by atoms with Gasteiger partial charge in [-0.2, -0.15) is 0 Å². The van der Waals surface area contributed by atoms with Crippen LogP contribution in [0.25, 0.3) is 10.8 Å². The second kappa shape index (κ2) is 9.23. The van der Waals surface area contributed by atoms with Gasteiger partial charge in [0.05, 0.1) is 11.3 Å². The fourth-order valence-electron chi connectivity index (χ4n) is 4.23. The van der Waals surface area contributed by atoms with Gasteiger partial charge in [-0.05, 0) is 35.4 Å². The molecule has 2 amide bonds. The summed E-state index contributed by atoms with van der Waals surface area (Å²) >= 11 is 0. The number of sulfone groups is 1. The molecule has 2 N–H and O–H groups in total. The minimum atomic E-state index is -3.10. The van der Waals surface area contributed by atoms with Gasteiger partial charge in [0.1, 0.15) is 11.8 Å². The molecule has 0 saturated carbocycles. The first kappa shape index (κ1) is 22.8. The first-order valence-corrected chi connectivity index (χ1v) is 12.8. The lowest BCUT2D eigenvalue weighted by Gasteiger charge is -2.24. The van der Waals surface area contributed by atoms with Gasteiger partial charge in [-0.1, -0.05) is 54.6 Å². The normalized spacial score (nSPS) is 16.2. The number of hydrogen-bond acceptors (Lipinski definition) is 5. The quantitative estimate of drug-likeness (QED) is 0.581. The Hall–Kier alpha value is -3.39. The van der Waals surface area contributed by atoms with Crippen molar-refractivity contribution >= 4 is 32.4 Å². The van der Waals surface area contributed by atoms with Gasteiger partial charge in [0.25, 0.3) is 5.91 Å². The van der Waals surface area contributed by atoms with Crippen LogP contribution in [0.1, 0.15) is 34.3 Å². The third-order valence-corrected chi connectivity index (χ3v) is 6.72. The molecule has 0 spiro atoms. The number of phenols is 1. The molecule has 3 aromatic rings. The summed E-state index contributed by atoms with van der Waals surface area (Å²) in [7, 11) is -3.10. The number of fused-ring (bicyclic) bond motifs is 1. The Morgan fingerprint density at radius 2 is 1.73 bits per heavy atom. The number of nitrogens with one attached hydrogen (secondary N) is 1. The van der Waals surface area contributed by atoms with E-state index < -0.39 is 15.9 Å². The standard InChI is InChI=1S/C25H26N2O5S/c1-33(31,32)16-18-10-8-17(9-11-18)15-26-24(29)22-7-4-14-27(22)25(30)21-13-12-19-5-2-3-6-20(19)23(21)28/h2-3,5-6,8-13,22,28H,4,7,14-16H2,1H3,(H,26,29). The monoisotopic (exact) mass is 466 g/mol. The molecule has 1 unspecified atom stereocenters. The molecule has 33 heavy (non-hydrogen) atoms. The molecular weight excluding hydrogens is 440 g/mol. The molecule has 172 valence electrons. The fraction of sp³-hybridized carbons (Fsp3) is 0.280. The summed E-state index contributed by atoms with van der Waals surface area (Å²) in [6.07, 6.45) is 2.45. The molecule has 1 fully saturated rings. The minimum absolute atomic E-state index is 0.0274. The van der Waals surface area contributed by atoms with Crippen molar-refractivity contribution in [3.63, 3.8) is 0 Å². The van der Waals surface area contributed by atoms with Gasteiger partial charge < -0.3 is 15.3 Å². The topological polar surface area (TPSA) is 104 Å². The van der Waals surface area contributed by atoms with E-state index in [-0.39, 0.29) is 35.4 Å². The second-order valence-electron chi connectivity index (χ2n) is 8.44. The highest BCUT2D eigenvalue weighted by Crippen LogP contribution is 2.31. The first-order chi connectivity index (χ1) is 15.7. The number of hydrogen-bond donors (Lipinski definition) is 2. The molecular formula is C25H26N2O5S. The summed E-state index contributed by atoms with van der Waals surface area (Å²) in [5, 5.41) is 15.0. The van der Waals surface area contributed by atoms with E-state index in [9.17, 15) is 23.1 Å². The SMILES string of the molecule is CS(=O)(=O)Cc1ccc(CNC(=O)C2CCCN2C(=O)c2ccc3ccccc3c2O)cc1. The van der Waals surface area contributed by atoms with Crippen LogP contribution in [-0.4, -0.2) is 49.1 Å². The first-order valence-electron chi connectivity index (χ1n) is 10.8. The van der Waals surface area contributed by atoms with E-state index in [2.05, 4.69) is 5.32 Å². The number of nitrogens with zero attached hydrogens (tertiary/aromatic N) is 1. The fourth-order valence-corrected chi connectivity index (χ4v) is 5.03. The van der Waals surface area contributed by atoms with Gasteiger partial charge in [0, 0.05) is 24.7 Å². The van der Waals surface area contributed by atoms with Gasteiger partial charge in [0.2, 0.25) is 5.91 Å². The van der Waals surface area contributed by atoms with Gasteiger partial charge in [-0.15, -0.1) is 0 Å². The van der Waals surface area contributed by atoms with E-state index in [1.807, 2.05) is 12.1 Å². The Morgan fingerprint density at radius 1 is 1.03 bits per heavy atom. The average Bonchev–Trinajstić information content (AvgIpc) is 3.27. The summed E-state index contributed by atoms with van der Waals surface area (Å²) in [6, 6.07) is 17.1. The van der Waals surface area contributed by atoms with Crippen LogP contribution in [0.2, 0.25) is 0 Å². The zero-order valence-corrected chi connectivity index (χ0v) is 19.1. The van der Waals surface area contributed by atoms with E-state index in [0.717, 1.165) is 10.9 Å². The Bertz CT molecular complexity index is 1300. The molecule has 1 saturated heterocycles. The van der Waals surface area contributed by atoms with Crippen LogP contribution in [0.15, 0.2) is 60.7 Å². The maximum absolute atomic E-state index is 13.2. The van der Waals surface area contributed by atoms with Gasteiger partial charge in [0.15, 0.2) is 9.84 Å². The highest BCUT2D eigenvalue weighted by Gasteiger charge is 2.35. The summed E-state index contributed by atoms with van der Waals surface area (Å²) in [4.78, 5) is 27.6. The molecule has 0 aliphatic carbocycles. The lowest BCUT2D eigenvalue weighted by molar-refractivity contribution is -0.125. The second-order valence-corrected chi connectivity index (χ2v) is 10.6. The third-order valence-electron chi connectivity index (χ3n) is 5.87. The number of benzene rings is 3. The van der Waals surface area contributed by atoms with Crippen LogP contribution in [0.5, 0.6) is 5.75 Å². The van der Waals surface area contributed by atoms with Gasteiger partial charge in [-0.25, -0.2) is 8.42 Å². The molecule has 0 bridgehead atoms. The lowest BCUT2D eigenvalue weighted by atomic mass is 10.0. The minimum Gasteiger partial charge on any atom is -0.506 e. The van der Waals surface area contributed by atoms with Crippen molar-refractivity contribution < 1.29 is 23.1 Å². The number of rotatable bonds is 6. The number of carbonyl (C=O) groups excluding carboxylic acids is 2. The lowest BCUT2D eigenvalue weighted by Crippen LogP contribution is -2.45. The maximum atomic E-state index is 13.2. The molecule has 1 atom stereocenters.